The maximum atomic E-state index is 3.29. The number of aromatic nitrogens is 1. The first-order chi connectivity index (χ1) is 6.76. The van der Waals surface area contributed by atoms with Crippen molar-refractivity contribution in [1.29, 1.82) is 0 Å². The van der Waals surface area contributed by atoms with Crippen molar-refractivity contribution in [1.82, 2.24) is 10.3 Å². The number of nitrogens with one attached hydrogen (secondary N) is 2. The summed E-state index contributed by atoms with van der Waals surface area (Å²) >= 11 is 0. The van der Waals surface area contributed by atoms with Gasteiger partial charge in [0.1, 0.15) is 0 Å². The number of hydrogen-bond acceptors (Lipinski definition) is 2. The minimum atomic E-state index is 0.542. The molecule has 1 aromatic heterocycles. The lowest BCUT2D eigenvalue weighted by Gasteiger charge is -2.24. The van der Waals surface area contributed by atoms with Gasteiger partial charge in [0.05, 0.1) is 5.69 Å². The quantitative estimate of drug-likeness (QED) is 0.741. The minimum Gasteiger partial charge on any atom is -0.373 e. The molecule has 3 nitrogen and oxygen atoms in total. The van der Waals surface area contributed by atoms with Gasteiger partial charge in [-0.2, -0.15) is 0 Å². The molecule has 0 aromatic carbocycles. The van der Waals surface area contributed by atoms with Gasteiger partial charge in [-0.05, 0) is 26.0 Å². The summed E-state index contributed by atoms with van der Waals surface area (Å²) in [5, 5.41) is 3.29. The van der Waals surface area contributed by atoms with Gasteiger partial charge in [0, 0.05) is 37.9 Å². The van der Waals surface area contributed by atoms with Crippen molar-refractivity contribution in [3.8, 4) is 0 Å². The van der Waals surface area contributed by atoms with E-state index in [4.69, 9.17) is 0 Å². The highest BCUT2D eigenvalue weighted by atomic mass is 15.1. The normalized spacial score (nSPS) is 18.1. The molecule has 1 aliphatic carbocycles. The predicted molar refractivity (Wildman–Crippen MR) is 59.7 cm³/mol. The van der Waals surface area contributed by atoms with Crippen LogP contribution in [0.15, 0.2) is 18.5 Å². The van der Waals surface area contributed by atoms with Gasteiger partial charge in [0.2, 0.25) is 0 Å². The van der Waals surface area contributed by atoms with Crippen molar-refractivity contribution < 1.29 is 0 Å². The second-order valence-corrected chi connectivity index (χ2v) is 4.46. The van der Waals surface area contributed by atoms with Gasteiger partial charge in [-0.15, -0.1) is 0 Å². The van der Waals surface area contributed by atoms with E-state index in [1.54, 1.807) is 0 Å². The Hall–Kier alpha value is -0.960. The Labute approximate surface area is 85.5 Å². The molecule has 0 saturated heterocycles. The number of anilines is 1. The molecule has 0 unspecified atom stereocenters. The van der Waals surface area contributed by atoms with E-state index in [1.807, 2.05) is 13.2 Å². The summed E-state index contributed by atoms with van der Waals surface area (Å²) in [5.74, 6) is 0. The van der Waals surface area contributed by atoms with E-state index >= 15 is 0 Å². The summed E-state index contributed by atoms with van der Waals surface area (Å²) in [6.45, 7) is 2.30. The van der Waals surface area contributed by atoms with Crippen LogP contribution in [0.2, 0.25) is 0 Å². The molecule has 1 heterocycles. The van der Waals surface area contributed by atoms with Crippen molar-refractivity contribution in [3.63, 3.8) is 0 Å². The molecule has 1 aromatic rings. The van der Waals surface area contributed by atoms with Gasteiger partial charge in [-0.3, -0.25) is 0 Å². The molecule has 0 bridgehead atoms. The van der Waals surface area contributed by atoms with Crippen LogP contribution in [0, 0.1) is 5.41 Å². The lowest BCUT2D eigenvalue weighted by atomic mass is 10.1. The summed E-state index contributed by atoms with van der Waals surface area (Å²) in [5.41, 5.74) is 1.83. The highest BCUT2D eigenvalue weighted by Crippen LogP contribution is 2.45. The van der Waals surface area contributed by atoms with Crippen molar-refractivity contribution in [2.45, 2.75) is 12.8 Å². The molecule has 14 heavy (non-hydrogen) atoms. The first-order valence-electron chi connectivity index (χ1n) is 5.24. The van der Waals surface area contributed by atoms with Gasteiger partial charge < -0.3 is 15.2 Å². The highest BCUT2D eigenvalue weighted by Gasteiger charge is 2.42. The Morgan fingerprint density at radius 1 is 1.57 bits per heavy atom. The molecule has 1 saturated carbocycles. The van der Waals surface area contributed by atoms with E-state index in [9.17, 15) is 0 Å². The Kier molecular flexibility index (Phi) is 2.50. The second kappa shape index (κ2) is 3.65. The Morgan fingerprint density at radius 2 is 2.36 bits per heavy atom. The van der Waals surface area contributed by atoms with Crippen molar-refractivity contribution in [3.05, 3.63) is 18.5 Å². The third kappa shape index (κ3) is 1.93. The van der Waals surface area contributed by atoms with Crippen LogP contribution in [0.5, 0.6) is 0 Å². The molecule has 0 radical (unpaired) electrons. The van der Waals surface area contributed by atoms with Crippen LogP contribution in [0.1, 0.15) is 12.8 Å². The SMILES string of the molecule is CNCC1(CN(C)c2cc[nH]c2)CC1. The maximum Gasteiger partial charge on any atom is 0.0541 e. The van der Waals surface area contributed by atoms with E-state index in [2.05, 4.69) is 34.5 Å². The van der Waals surface area contributed by atoms with Crippen LogP contribution in [0.3, 0.4) is 0 Å². The van der Waals surface area contributed by atoms with Gasteiger partial charge in [-0.1, -0.05) is 0 Å². The standard InChI is InChI=1S/C11H19N3/c1-12-8-11(4-5-11)9-14(2)10-3-6-13-7-10/h3,6-7,12-13H,4-5,8-9H2,1-2H3. The number of aromatic amines is 1. The fraction of sp³-hybridized carbons (Fsp3) is 0.636. The van der Waals surface area contributed by atoms with Gasteiger partial charge in [0.15, 0.2) is 0 Å². The lowest BCUT2D eigenvalue weighted by molar-refractivity contribution is 0.482. The monoisotopic (exact) mass is 193 g/mol. The third-order valence-corrected chi connectivity index (χ3v) is 3.10. The summed E-state index contributed by atoms with van der Waals surface area (Å²) < 4.78 is 0. The number of H-pyrrole nitrogens is 1. The first kappa shape index (κ1) is 9.59. The number of hydrogen-bond donors (Lipinski definition) is 2. The zero-order valence-electron chi connectivity index (χ0n) is 9.01. The van der Waals surface area contributed by atoms with E-state index in [0.29, 0.717) is 5.41 Å². The minimum absolute atomic E-state index is 0.542. The highest BCUT2D eigenvalue weighted by molar-refractivity contribution is 5.43. The van der Waals surface area contributed by atoms with Gasteiger partial charge in [0.25, 0.3) is 0 Å². The van der Waals surface area contributed by atoms with Crippen molar-refractivity contribution in [2.24, 2.45) is 5.41 Å². The first-order valence-corrected chi connectivity index (χ1v) is 5.24. The van der Waals surface area contributed by atoms with E-state index in [1.165, 1.54) is 18.5 Å². The smallest absolute Gasteiger partial charge is 0.0541 e. The van der Waals surface area contributed by atoms with Crippen molar-refractivity contribution in [2.75, 3.05) is 32.1 Å². The zero-order chi connectivity index (χ0) is 10.0. The molecular weight excluding hydrogens is 174 g/mol. The van der Waals surface area contributed by atoms with E-state index in [-0.39, 0.29) is 0 Å². The molecule has 2 rings (SSSR count). The van der Waals surface area contributed by atoms with Gasteiger partial charge in [-0.25, -0.2) is 0 Å². The molecule has 0 aliphatic heterocycles. The molecule has 0 atom stereocenters. The fourth-order valence-electron chi connectivity index (χ4n) is 2.09. The molecule has 0 amide bonds. The molecule has 2 N–H and O–H groups in total. The zero-order valence-corrected chi connectivity index (χ0v) is 9.01. The van der Waals surface area contributed by atoms with Crippen LogP contribution < -0.4 is 10.2 Å². The van der Waals surface area contributed by atoms with Crippen LogP contribution in [-0.4, -0.2) is 32.2 Å². The van der Waals surface area contributed by atoms with Crippen LogP contribution in [-0.2, 0) is 0 Å². The van der Waals surface area contributed by atoms with Gasteiger partial charge >= 0.3 is 0 Å². The molecule has 3 heteroatoms. The number of nitrogens with zero attached hydrogens (tertiary/aromatic N) is 1. The van der Waals surface area contributed by atoms with E-state index < -0.39 is 0 Å². The summed E-state index contributed by atoms with van der Waals surface area (Å²) in [6.07, 6.45) is 6.75. The van der Waals surface area contributed by atoms with Crippen LogP contribution in [0.4, 0.5) is 5.69 Å². The maximum absolute atomic E-state index is 3.29. The summed E-state index contributed by atoms with van der Waals surface area (Å²) in [4.78, 5) is 5.43. The predicted octanol–water partition coefficient (Wildman–Crippen LogP) is 1.45. The molecule has 1 aliphatic rings. The van der Waals surface area contributed by atoms with Crippen LogP contribution in [0.25, 0.3) is 0 Å². The Balaban J connectivity index is 1.91. The molecule has 1 fully saturated rings. The lowest BCUT2D eigenvalue weighted by Crippen LogP contribution is -2.32. The molecular formula is C11H19N3. The number of rotatable bonds is 5. The average molecular weight is 193 g/mol. The Bertz CT molecular complexity index is 275. The Morgan fingerprint density at radius 3 is 2.86 bits per heavy atom. The largest absolute Gasteiger partial charge is 0.373 e. The van der Waals surface area contributed by atoms with Crippen molar-refractivity contribution >= 4 is 5.69 Å². The molecule has 78 valence electrons. The molecule has 0 spiro atoms. The second-order valence-electron chi connectivity index (χ2n) is 4.46. The summed E-state index contributed by atoms with van der Waals surface area (Å²) in [6, 6.07) is 2.12. The average Bonchev–Trinajstić information content (AvgIpc) is 2.70. The van der Waals surface area contributed by atoms with E-state index in [0.717, 1.165) is 13.1 Å². The summed E-state index contributed by atoms with van der Waals surface area (Å²) in [7, 11) is 4.20. The topological polar surface area (TPSA) is 31.1 Å². The fourth-order valence-corrected chi connectivity index (χ4v) is 2.09. The third-order valence-electron chi connectivity index (χ3n) is 3.10. The van der Waals surface area contributed by atoms with Crippen LogP contribution >= 0.6 is 0 Å².